The Kier molecular flexibility index (Phi) is 4.41. The third-order valence-corrected chi connectivity index (χ3v) is 8.01. The molecule has 0 radical (unpaired) electrons. The van der Waals surface area contributed by atoms with Crippen molar-refractivity contribution in [3.63, 3.8) is 0 Å². The molecule has 1 aromatic heterocycles. The van der Waals surface area contributed by atoms with E-state index in [1.165, 1.54) is 0 Å². The molecule has 2 aliphatic heterocycles. The number of rotatable bonds is 2. The fraction of sp³-hybridized carbons (Fsp3) is 0.150. The molecule has 3 aromatic rings. The topological polar surface area (TPSA) is 85.6 Å². The lowest BCUT2D eigenvalue weighted by atomic mass is 9.84. The van der Waals surface area contributed by atoms with Gasteiger partial charge in [-0.3, -0.25) is 14.2 Å². The molecule has 146 valence electrons. The van der Waals surface area contributed by atoms with Crippen LogP contribution in [0, 0.1) is 0 Å². The van der Waals surface area contributed by atoms with Crippen molar-refractivity contribution in [2.75, 3.05) is 0 Å². The maximum atomic E-state index is 12.9. The lowest BCUT2D eigenvalue weighted by Crippen LogP contribution is -2.45. The summed E-state index contributed by atoms with van der Waals surface area (Å²) in [4.78, 5) is 38.0. The van der Waals surface area contributed by atoms with Crippen LogP contribution in [0.15, 0.2) is 62.8 Å². The van der Waals surface area contributed by atoms with Gasteiger partial charge in [-0.25, -0.2) is 4.79 Å². The molecular formula is C20H12BrNO5S2. The van der Waals surface area contributed by atoms with Gasteiger partial charge in [-0.05, 0) is 35.9 Å². The second kappa shape index (κ2) is 6.86. The van der Waals surface area contributed by atoms with Gasteiger partial charge in [0.1, 0.15) is 11.4 Å². The van der Waals surface area contributed by atoms with Gasteiger partial charge in [0.25, 0.3) is 0 Å². The molecule has 5 rings (SSSR count). The molecule has 1 N–H and O–H groups in total. The lowest BCUT2D eigenvalue weighted by Gasteiger charge is -2.39. The summed E-state index contributed by atoms with van der Waals surface area (Å²) in [5.41, 5.74) is 1.74. The molecule has 0 aliphatic carbocycles. The number of hydrogen-bond donors (Lipinski definition) is 1. The first-order chi connectivity index (χ1) is 14.0. The predicted molar refractivity (Wildman–Crippen MR) is 112 cm³/mol. The number of nitrogens with zero attached hydrogens (tertiary/aromatic N) is 1. The van der Waals surface area contributed by atoms with Crippen molar-refractivity contribution in [3.8, 4) is 5.69 Å². The van der Waals surface area contributed by atoms with E-state index in [0.29, 0.717) is 21.8 Å². The molecule has 29 heavy (non-hydrogen) atoms. The van der Waals surface area contributed by atoms with Crippen LogP contribution in [0.5, 0.6) is 0 Å². The number of carbonyl (C=O) groups excluding carboxylic acids is 1. The summed E-state index contributed by atoms with van der Waals surface area (Å²) in [7, 11) is 0. The van der Waals surface area contributed by atoms with E-state index in [-0.39, 0.29) is 4.87 Å². The number of fused-ring (bicyclic) bond motifs is 5. The van der Waals surface area contributed by atoms with E-state index < -0.39 is 29.2 Å². The summed E-state index contributed by atoms with van der Waals surface area (Å²) in [6, 6.07) is 14.3. The fourth-order valence-corrected chi connectivity index (χ4v) is 6.77. The number of carboxylic acid groups (broad SMARTS) is 1. The number of hydrogen-bond acceptors (Lipinski definition) is 6. The summed E-state index contributed by atoms with van der Waals surface area (Å²) in [5, 5.41) is 9.42. The second-order valence-corrected chi connectivity index (χ2v) is 9.70. The minimum Gasteiger partial charge on any atom is -0.480 e. The minimum absolute atomic E-state index is 0.202. The van der Waals surface area contributed by atoms with Crippen molar-refractivity contribution in [2.24, 2.45) is 0 Å². The highest BCUT2D eigenvalue weighted by Gasteiger charge is 2.50. The van der Waals surface area contributed by atoms with Crippen LogP contribution in [0.1, 0.15) is 26.7 Å². The predicted octanol–water partition coefficient (Wildman–Crippen LogP) is 3.89. The average Bonchev–Trinajstić information content (AvgIpc) is 3.03. The van der Waals surface area contributed by atoms with Crippen LogP contribution in [-0.4, -0.2) is 33.0 Å². The van der Waals surface area contributed by atoms with Gasteiger partial charge in [0, 0.05) is 4.47 Å². The molecule has 0 bridgehead atoms. The van der Waals surface area contributed by atoms with Gasteiger partial charge in [0.15, 0.2) is 0 Å². The minimum atomic E-state index is -1.08. The number of carbonyl (C=O) groups is 2. The van der Waals surface area contributed by atoms with E-state index in [9.17, 15) is 19.5 Å². The maximum absolute atomic E-state index is 12.9. The summed E-state index contributed by atoms with van der Waals surface area (Å²) in [6.45, 7) is 0. The van der Waals surface area contributed by atoms with Crippen molar-refractivity contribution in [2.45, 2.75) is 22.3 Å². The Morgan fingerprint density at radius 3 is 2.62 bits per heavy atom. The maximum Gasteiger partial charge on any atom is 0.338 e. The number of aliphatic carboxylic acids is 1. The highest BCUT2D eigenvalue weighted by Crippen LogP contribution is 2.51. The molecule has 0 saturated heterocycles. The highest BCUT2D eigenvalue weighted by atomic mass is 79.9. The van der Waals surface area contributed by atoms with Gasteiger partial charge in [0.2, 0.25) is 0 Å². The summed E-state index contributed by atoms with van der Waals surface area (Å²) >= 11 is 5.56. The van der Waals surface area contributed by atoms with Crippen LogP contribution in [0.4, 0.5) is 0 Å². The summed E-state index contributed by atoms with van der Waals surface area (Å²) in [6.07, 6.45) is -0.887. The van der Waals surface area contributed by atoms with Crippen LogP contribution in [0.25, 0.3) is 5.69 Å². The normalized spacial score (nSPS) is 22.2. The molecule has 6 nitrogen and oxygen atoms in total. The van der Waals surface area contributed by atoms with E-state index in [0.717, 1.165) is 32.4 Å². The van der Waals surface area contributed by atoms with Crippen molar-refractivity contribution in [1.82, 2.24) is 4.57 Å². The third-order valence-electron chi connectivity index (χ3n) is 5.01. The molecule has 3 heterocycles. The van der Waals surface area contributed by atoms with Crippen molar-refractivity contribution in [3.05, 3.63) is 78.7 Å². The number of para-hydroxylation sites is 1. The molecule has 0 saturated carbocycles. The lowest BCUT2D eigenvalue weighted by molar-refractivity contribution is -0.138. The molecule has 9 heteroatoms. The molecule has 3 unspecified atom stereocenters. The number of thioether (sulfide) groups is 1. The van der Waals surface area contributed by atoms with Crippen LogP contribution < -0.4 is 4.87 Å². The van der Waals surface area contributed by atoms with Crippen LogP contribution in [0.3, 0.4) is 0 Å². The number of esters is 1. The van der Waals surface area contributed by atoms with Gasteiger partial charge >= 0.3 is 16.8 Å². The van der Waals surface area contributed by atoms with E-state index in [4.69, 9.17) is 4.74 Å². The average molecular weight is 490 g/mol. The summed E-state index contributed by atoms with van der Waals surface area (Å²) in [5.74, 6) is -2.14. The number of benzene rings is 2. The summed E-state index contributed by atoms with van der Waals surface area (Å²) < 4.78 is 7.90. The molecule has 0 spiro atoms. The standard InChI is InChI=1S/C20H12BrNO5S2/c21-9-6-7-11-12(8-9)13-14(27-19(11)25)16(18(23)24)28-17-15(13)29-20(26)22(17)10-4-2-1-3-5-10/h1-8,13-14,16H,(H,23,24). The molecule has 2 aliphatic rings. The Morgan fingerprint density at radius 1 is 1.14 bits per heavy atom. The Morgan fingerprint density at radius 2 is 1.90 bits per heavy atom. The Bertz CT molecular complexity index is 1220. The Balaban J connectivity index is 1.79. The molecule has 3 atom stereocenters. The zero-order valence-electron chi connectivity index (χ0n) is 14.6. The number of halogens is 1. The SMILES string of the molecule is O=C1OC2C(C(=O)O)Sc3c(sc(=O)n3-c3ccccc3)C2c2cc(Br)ccc21. The third kappa shape index (κ3) is 2.87. The smallest absolute Gasteiger partial charge is 0.338 e. The number of thiazole rings is 1. The van der Waals surface area contributed by atoms with Gasteiger partial charge in [-0.2, -0.15) is 0 Å². The fourth-order valence-electron chi connectivity index (χ4n) is 3.80. The molecule has 0 amide bonds. The zero-order chi connectivity index (χ0) is 20.3. The van der Waals surface area contributed by atoms with Gasteiger partial charge in [0.05, 0.1) is 27.1 Å². The zero-order valence-corrected chi connectivity index (χ0v) is 17.8. The van der Waals surface area contributed by atoms with Crippen molar-refractivity contribution < 1.29 is 19.4 Å². The highest BCUT2D eigenvalue weighted by molar-refractivity contribution is 9.10. The van der Waals surface area contributed by atoms with Crippen molar-refractivity contribution >= 4 is 51.0 Å². The largest absolute Gasteiger partial charge is 0.480 e. The van der Waals surface area contributed by atoms with E-state index >= 15 is 0 Å². The first-order valence-corrected chi connectivity index (χ1v) is 11.2. The monoisotopic (exact) mass is 489 g/mol. The van der Waals surface area contributed by atoms with Gasteiger partial charge in [-0.15, -0.1) is 0 Å². The Labute approximate surface area is 181 Å². The van der Waals surface area contributed by atoms with Gasteiger partial charge < -0.3 is 9.84 Å². The quantitative estimate of drug-likeness (QED) is 0.549. The van der Waals surface area contributed by atoms with E-state index in [1.54, 1.807) is 16.7 Å². The molecule has 0 fully saturated rings. The number of ether oxygens (including phenoxy) is 1. The van der Waals surface area contributed by atoms with E-state index in [1.807, 2.05) is 36.4 Å². The van der Waals surface area contributed by atoms with Gasteiger partial charge in [-0.1, -0.05) is 57.2 Å². The van der Waals surface area contributed by atoms with E-state index in [2.05, 4.69) is 15.9 Å². The Hall–Kier alpha value is -2.36. The number of carboxylic acids is 1. The first-order valence-electron chi connectivity index (χ1n) is 8.67. The number of aromatic nitrogens is 1. The molecule has 2 aromatic carbocycles. The van der Waals surface area contributed by atoms with Crippen LogP contribution >= 0.6 is 39.0 Å². The van der Waals surface area contributed by atoms with Crippen LogP contribution in [-0.2, 0) is 9.53 Å². The second-order valence-electron chi connectivity index (χ2n) is 6.66. The first kappa shape index (κ1) is 18.7. The van der Waals surface area contributed by atoms with Crippen molar-refractivity contribution in [1.29, 1.82) is 0 Å². The molecular weight excluding hydrogens is 478 g/mol. The van der Waals surface area contributed by atoms with Crippen LogP contribution in [0.2, 0.25) is 0 Å².